The highest BCUT2D eigenvalue weighted by Crippen LogP contribution is 2.49. The zero-order valence-electron chi connectivity index (χ0n) is 11.9. The van der Waals surface area contributed by atoms with Gasteiger partial charge in [-0.1, -0.05) is 25.5 Å². The van der Waals surface area contributed by atoms with Crippen molar-refractivity contribution >= 4 is 5.97 Å². The summed E-state index contributed by atoms with van der Waals surface area (Å²) in [7, 11) is 0. The molecule has 0 bridgehead atoms. The van der Waals surface area contributed by atoms with Crippen LogP contribution in [0.2, 0.25) is 0 Å². The van der Waals surface area contributed by atoms with E-state index in [1.54, 1.807) is 0 Å². The standard InChI is InChI=1S/C16H19F3O2/c1-2-8-15(14(20)21)9-7-12(10-15)11-3-5-13(6-4-11)16(17,18)19/h3-6,12H,2,7-10H2,1H3,(H,20,21)/t12-,15+/m0/s1. The number of hydrogen-bond donors (Lipinski definition) is 1. The zero-order valence-corrected chi connectivity index (χ0v) is 11.9. The van der Waals surface area contributed by atoms with Gasteiger partial charge in [0.05, 0.1) is 11.0 Å². The largest absolute Gasteiger partial charge is 0.481 e. The smallest absolute Gasteiger partial charge is 0.416 e. The Bertz CT molecular complexity index is 507. The van der Waals surface area contributed by atoms with Crippen molar-refractivity contribution in [3.8, 4) is 0 Å². The molecule has 0 radical (unpaired) electrons. The normalized spacial score (nSPS) is 26.0. The molecule has 0 aliphatic heterocycles. The van der Waals surface area contributed by atoms with Crippen molar-refractivity contribution in [2.24, 2.45) is 5.41 Å². The summed E-state index contributed by atoms with van der Waals surface area (Å²) in [5.74, 6) is -0.742. The first kappa shape index (κ1) is 15.9. The van der Waals surface area contributed by atoms with E-state index < -0.39 is 23.1 Å². The average molecular weight is 300 g/mol. The minimum absolute atomic E-state index is 0.0370. The number of hydrogen-bond acceptors (Lipinski definition) is 1. The minimum atomic E-state index is -4.33. The number of halogens is 3. The Morgan fingerprint density at radius 2 is 1.95 bits per heavy atom. The lowest BCUT2D eigenvalue weighted by molar-refractivity contribution is -0.149. The van der Waals surface area contributed by atoms with Gasteiger partial charge in [-0.3, -0.25) is 4.79 Å². The van der Waals surface area contributed by atoms with Gasteiger partial charge < -0.3 is 5.11 Å². The van der Waals surface area contributed by atoms with Gasteiger partial charge in [0, 0.05) is 0 Å². The number of aliphatic carboxylic acids is 1. The summed E-state index contributed by atoms with van der Waals surface area (Å²) < 4.78 is 37.6. The Morgan fingerprint density at radius 1 is 1.33 bits per heavy atom. The second-order valence-corrected chi connectivity index (χ2v) is 5.89. The highest BCUT2D eigenvalue weighted by molar-refractivity contribution is 5.75. The van der Waals surface area contributed by atoms with Gasteiger partial charge in [0.1, 0.15) is 0 Å². The molecule has 5 heteroatoms. The van der Waals surface area contributed by atoms with Crippen molar-refractivity contribution in [2.45, 2.75) is 51.1 Å². The Hall–Kier alpha value is -1.52. The monoisotopic (exact) mass is 300 g/mol. The topological polar surface area (TPSA) is 37.3 Å². The first-order valence-corrected chi connectivity index (χ1v) is 7.19. The third-order valence-corrected chi connectivity index (χ3v) is 4.50. The van der Waals surface area contributed by atoms with E-state index in [1.165, 1.54) is 12.1 Å². The molecule has 1 fully saturated rings. The van der Waals surface area contributed by atoms with Gasteiger partial charge in [0.2, 0.25) is 0 Å². The molecule has 0 spiro atoms. The summed E-state index contributed by atoms with van der Waals surface area (Å²) in [5.41, 5.74) is -0.563. The van der Waals surface area contributed by atoms with E-state index in [0.717, 1.165) is 30.5 Å². The van der Waals surface area contributed by atoms with Crippen LogP contribution >= 0.6 is 0 Å². The molecule has 2 rings (SSSR count). The lowest BCUT2D eigenvalue weighted by Gasteiger charge is -2.23. The minimum Gasteiger partial charge on any atom is -0.481 e. The van der Waals surface area contributed by atoms with E-state index in [9.17, 15) is 23.1 Å². The summed E-state index contributed by atoms with van der Waals surface area (Å²) in [4.78, 5) is 11.5. The van der Waals surface area contributed by atoms with Crippen molar-refractivity contribution in [2.75, 3.05) is 0 Å². The van der Waals surface area contributed by atoms with Crippen LogP contribution in [0.5, 0.6) is 0 Å². The Morgan fingerprint density at radius 3 is 2.43 bits per heavy atom. The Kier molecular flexibility index (Phi) is 4.30. The number of rotatable bonds is 4. The second kappa shape index (κ2) is 5.70. The van der Waals surface area contributed by atoms with Gasteiger partial charge in [0.25, 0.3) is 0 Å². The maximum atomic E-state index is 12.5. The summed E-state index contributed by atoms with van der Waals surface area (Å²) in [6.07, 6.45) is -1.08. The van der Waals surface area contributed by atoms with Crippen LogP contribution in [0.15, 0.2) is 24.3 Å². The van der Waals surface area contributed by atoms with Crippen LogP contribution in [-0.4, -0.2) is 11.1 Å². The molecule has 1 aliphatic carbocycles. The molecule has 1 saturated carbocycles. The maximum absolute atomic E-state index is 12.5. The molecule has 2 nitrogen and oxygen atoms in total. The highest BCUT2D eigenvalue weighted by Gasteiger charge is 2.45. The summed E-state index contributed by atoms with van der Waals surface area (Å²) in [6.45, 7) is 1.95. The van der Waals surface area contributed by atoms with Crippen molar-refractivity contribution in [3.63, 3.8) is 0 Å². The molecular weight excluding hydrogens is 281 g/mol. The fourth-order valence-electron chi connectivity index (χ4n) is 3.36. The molecule has 1 aliphatic rings. The number of benzene rings is 1. The predicted octanol–water partition coefficient (Wildman–Crippen LogP) is 4.84. The summed E-state index contributed by atoms with van der Waals surface area (Å²) in [6, 6.07) is 5.13. The molecular formula is C16H19F3O2. The van der Waals surface area contributed by atoms with Crippen molar-refractivity contribution in [1.29, 1.82) is 0 Å². The molecule has 21 heavy (non-hydrogen) atoms. The molecule has 0 unspecified atom stereocenters. The molecule has 0 heterocycles. The molecule has 1 aromatic carbocycles. The SMILES string of the molecule is CCC[C@@]1(C(=O)O)CC[C@H](c2ccc(C(F)(F)F)cc2)C1. The van der Waals surface area contributed by atoms with E-state index in [2.05, 4.69) is 0 Å². The third kappa shape index (κ3) is 3.22. The molecule has 1 N–H and O–H groups in total. The maximum Gasteiger partial charge on any atom is 0.416 e. The fraction of sp³-hybridized carbons (Fsp3) is 0.562. The lowest BCUT2D eigenvalue weighted by Crippen LogP contribution is -2.27. The van der Waals surface area contributed by atoms with Crippen molar-refractivity contribution in [3.05, 3.63) is 35.4 Å². The van der Waals surface area contributed by atoms with Gasteiger partial charge in [-0.05, 0) is 49.3 Å². The molecule has 0 saturated heterocycles. The van der Waals surface area contributed by atoms with Crippen molar-refractivity contribution in [1.82, 2.24) is 0 Å². The molecule has 1 aromatic rings. The zero-order chi connectivity index (χ0) is 15.7. The van der Waals surface area contributed by atoms with E-state index in [-0.39, 0.29) is 5.92 Å². The Labute approximate surface area is 122 Å². The first-order chi connectivity index (χ1) is 9.78. The average Bonchev–Trinajstić information content (AvgIpc) is 2.84. The van der Waals surface area contributed by atoms with Crippen LogP contribution in [-0.2, 0) is 11.0 Å². The summed E-state index contributed by atoms with van der Waals surface area (Å²) in [5, 5.41) is 9.46. The van der Waals surface area contributed by atoms with Crippen LogP contribution in [0.3, 0.4) is 0 Å². The highest BCUT2D eigenvalue weighted by atomic mass is 19.4. The van der Waals surface area contributed by atoms with E-state index >= 15 is 0 Å². The quantitative estimate of drug-likeness (QED) is 0.863. The number of carbonyl (C=O) groups is 1. The molecule has 0 aromatic heterocycles. The third-order valence-electron chi connectivity index (χ3n) is 4.50. The lowest BCUT2D eigenvalue weighted by atomic mass is 9.80. The predicted molar refractivity (Wildman–Crippen MR) is 73.0 cm³/mol. The van der Waals surface area contributed by atoms with Gasteiger partial charge in [-0.15, -0.1) is 0 Å². The van der Waals surface area contributed by atoms with Crippen LogP contribution in [0.4, 0.5) is 13.2 Å². The van der Waals surface area contributed by atoms with E-state index in [1.807, 2.05) is 6.92 Å². The molecule has 0 amide bonds. The van der Waals surface area contributed by atoms with Crippen LogP contribution in [0.1, 0.15) is 56.1 Å². The van der Waals surface area contributed by atoms with Crippen molar-refractivity contribution < 1.29 is 23.1 Å². The molecule has 116 valence electrons. The summed E-state index contributed by atoms with van der Waals surface area (Å²) >= 11 is 0. The van der Waals surface area contributed by atoms with E-state index in [0.29, 0.717) is 19.3 Å². The Balaban J connectivity index is 2.16. The van der Waals surface area contributed by atoms with Gasteiger partial charge >= 0.3 is 12.1 Å². The van der Waals surface area contributed by atoms with Crippen LogP contribution in [0.25, 0.3) is 0 Å². The second-order valence-electron chi connectivity index (χ2n) is 5.89. The number of carboxylic acid groups (broad SMARTS) is 1. The fourth-order valence-corrected chi connectivity index (χ4v) is 3.36. The molecule has 2 atom stereocenters. The van der Waals surface area contributed by atoms with Gasteiger partial charge in [-0.25, -0.2) is 0 Å². The van der Waals surface area contributed by atoms with Crippen LogP contribution < -0.4 is 0 Å². The van der Waals surface area contributed by atoms with Gasteiger partial charge in [-0.2, -0.15) is 13.2 Å². The number of alkyl halides is 3. The number of carboxylic acids is 1. The van der Waals surface area contributed by atoms with Crippen LogP contribution in [0, 0.1) is 5.41 Å². The van der Waals surface area contributed by atoms with Gasteiger partial charge in [0.15, 0.2) is 0 Å². The van der Waals surface area contributed by atoms with E-state index in [4.69, 9.17) is 0 Å². The first-order valence-electron chi connectivity index (χ1n) is 7.19.